The zero-order valence-electron chi connectivity index (χ0n) is 16.6. The van der Waals surface area contributed by atoms with Gasteiger partial charge in [-0.05, 0) is 43.0 Å². The molecule has 0 unspecified atom stereocenters. The van der Waals surface area contributed by atoms with Crippen molar-refractivity contribution in [2.75, 3.05) is 13.1 Å². The van der Waals surface area contributed by atoms with Crippen molar-refractivity contribution in [3.05, 3.63) is 70.8 Å². The third-order valence-corrected chi connectivity index (χ3v) is 5.10. The zero-order valence-corrected chi connectivity index (χ0v) is 16.6. The molecule has 0 radical (unpaired) electrons. The highest BCUT2D eigenvalue weighted by atomic mass is 16.5. The molecule has 0 aromatic heterocycles. The van der Waals surface area contributed by atoms with E-state index < -0.39 is 0 Å². The summed E-state index contributed by atoms with van der Waals surface area (Å²) in [4.78, 5) is 14.8. The summed E-state index contributed by atoms with van der Waals surface area (Å²) < 4.78 is 5.83. The van der Waals surface area contributed by atoms with Crippen LogP contribution in [-0.2, 0) is 29.0 Å². The van der Waals surface area contributed by atoms with Crippen LogP contribution in [0.4, 0.5) is 0 Å². The Balaban J connectivity index is 1.59. The molecule has 0 saturated carbocycles. The van der Waals surface area contributed by atoms with E-state index in [2.05, 4.69) is 42.3 Å². The second-order valence-corrected chi connectivity index (χ2v) is 7.60. The van der Waals surface area contributed by atoms with Gasteiger partial charge in [-0.25, -0.2) is 0 Å². The van der Waals surface area contributed by atoms with Crippen molar-refractivity contribution >= 4 is 5.91 Å². The average molecular weight is 367 g/mol. The molecule has 1 N–H and O–H groups in total. The van der Waals surface area contributed by atoms with Crippen LogP contribution < -0.4 is 5.32 Å². The molecule has 0 bridgehead atoms. The summed E-state index contributed by atoms with van der Waals surface area (Å²) in [5.74, 6) is 0.0627. The van der Waals surface area contributed by atoms with Crippen molar-refractivity contribution in [1.29, 1.82) is 0 Å². The standard InChI is InChI=1S/C23H30N2O2/c1-17-8-4-5-9-20(17)12-23(26)24-13-21-10-6-7-11-22(21)16-25-14-18(2)27-19(3)15-25/h4-11,18-19H,12-16H2,1-3H3,(H,24,26)/t18-,19-/m0/s1. The van der Waals surface area contributed by atoms with Crippen LogP contribution in [0, 0.1) is 6.92 Å². The summed E-state index contributed by atoms with van der Waals surface area (Å²) >= 11 is 0. The maximum absolute atomic E-state index is 12.4. The molecule has 2 aromatic rings. The quantitative estimate of drug-likeness (QED) is 0.851. The number of nitrogens with one attached hydrogen (secondary N) is 1. The molecule has 3 rings (SSSR count). The van der Waals surface area contributed by atoms with Gasteiger partial charge in [0.2, 0.25) is 5.91 Å². The van der Waals surface area contributed by atoms with Crippen molar-refractivity contribution in [1.82, 2.24) is 10.2 Å². The van der Waals surface area contributed by atoms with Gasteiger partial charge in [0.1, 0.15) is 0 Å². The first-order chi connectivity index (χ1) is 13.0. The molecule has 27 heavy (non-hydrogen) atoms. The number of amides is 1. The molecule has 4 nitrogen and oxygen atoms in total. The summed E-state index contributed by atoms with van der Waals surface area (Å²) in [6, 6.07) is 16.4. The summed E-state index contributed by atoms with van der Waals surface area (Å²) in [6.45, 7) is 9.64. The largest absolute Gasteiger partial charge is 0.373 e. The number of rotatable bonds is 6. The fourth-order valence-electron chi connectivity index (χ4n) is 3.78. The number of hydrogen-bond acceptors (Lipinski definition) is 3. The second-order valence-electron chi connectivity index (χ2n) is 7.60. The first kappa shape index (κ1) is 19.6. The van der Waals surface area contributed by atoms with Crippen LogP contribution in [0.5, 0.6) is 0 Å². The Labute approximate surface area is 162 Å². The summed E-state index contributed by atoms with van der Waals surface area (Å²) in [5.41, 5.74) is 4.70. The number of hydrogen-bond donors (Lipinski definition) is 1. The van der Waals surface area contributed by atoms with Crippen LogP contribution in [0.25, 0.3) is 0 Å². The van der Waals surface area contributed by atoms with Gasteiger partial charge < -0.3 is 10.1 Å². The van der Waals surface area contributed by atoms with E-state index in [0.29, 0.717) is 13.0 Å². The summed E-state index contributed by atoms with van der Waals surface area (Å²) in [5, 5.41) is 3.09. The predicted molar refractivity (Wildman–Crippen MR) is 108 cm³/mol. The first-order valence-electron chi connectivity index (χ1n) is 9.77. The Morgan fingerprint density at radius 2 is 1.59 bits per heavy atom. The van der Waals surface area contributed by atoms with Gasteiger partial charge in [-0.2, -0.15) is 0 Å². The van der Waals surface area contributed by atoms with Crippen LogP contribution in [0.3, 0.4) is 0 Å². The first-order valence-corrected chi connectivity index (χ1v) is 9.77. The highest BCUT2D eigenvalue weighted by Crippen LogP contribution is 2.17. The van der Waals surface area contributed by atoms with Gasteiger partial charge in [0, 0.05) is 26.2 Å². The van der Waals surface area contributed by atoms with Crippen LogP contribution in [0.1, 0.15) is 36.1 Å². The third kappa shape index (κ3) is 5.65. The maximum atomic E-state index is 12.4. The monoisotopic (exact) mass is 366 g/mol. The lowest BCUT2D eigenvalue weighted by Crippen LogP contribution is -2.45. The van der Waals surface area contributed by atoms with Crippen LogP contribution in [0.15, 0.2) is 48.5 Å². The van der Waals surface area contributed by atoms with E-state index in [0.717, 1.165) is 30.8 Å². The van der Waals surface area contributed by atoms with Gasteiger partial charge in [0.15, 0.2) is 0 Å². The molecular formula is C23H30N2O2. The van der Waals surface area contributed by atoms with Gasteiger partial charge >= 0.3 is 0 Å². The molecule has 1 saturated heterocycles. The number of benzene rings is 2. The van der Waals surface area contributed by atoms with E-state index in [1.165, 1.54) is 11.1 Å². The van der Waals surface area contributed by atoms with Gasteiger partial charge in [0.25, 0.3) is 0 Å². The SMILES string of the molecule is Cc1ccccc1CC(=O)NCc1ccccc1CN1C[C@H](C)O[C@@H](C)C1. The van der Waals surface area contributed by atoms with Gasteiger partial charge in [-0.15, -0.1) is 0 Å². The Hall–Kier alpha value is -2.17. The molecule has 0 spiro atoms. The highest BCUT2D eigenvalue weighted by molar-refractivity contribution is 5.78. The fraction of sp³-hybridized carbons (Fsp3) is 0.435. The molecule has 1 aliphatic heterocycles. The van der Waals surface area contributed by atoms with Crippen LogP contribution in [0.2, 0.25) is 0 Å². The highest BCUT2D eigenvalue weighted by Gasteiger charge is 2.22. The smallest absolute Gasteiger partial charge is 0.224 e. The number of carbonyl (C=O) groups is 1. The molecule has 2 aromatic carbocycles. The lowest BCUT2D eigenvalue weighted by molar-refractivity contribution is -0.120. The Morgan fingerprint density at radius 1 is 1.00 bits per heavy atom. The number of nitrogens with zero attached hydrogens (tertiary/aromatic N) is 1. The van der Waals surface area contributed by atoms with Gasteiger partial charge in [0.05, 0.1) is 18.6 Å². The summed E-state index contributed by atoms with van der Waals surface area (Å²) in [6.07, 6.45) is 0.942. The maximum Gasteiger partial charge on any atom is 0.224 e. The van der Waals surface area contributed by atoms with E-state index in [-0.39, 0.29) is 18.1 Å². The summed E-state index contributed by atoms with van der Waals surface area (Å²) in [7, 11) is 0. The van der Waals surface area contributed by atoms with Gasteiger partial charge in [-0.1, -0.05) is 48.5 Å². The topological polar surface area (TPSA) is 41.6 Å². The zero-order chi connectivity index (χ0) is 19.2. The molecule has 144 valence electrons. The second kappa shape index (κ2) is 9.16. The Morgan fingerprint density at radius 3 is 2.26 bits per heavy atom. The van der Waals surface area contributed by atoms with Crippen molar-refractivity contribution < 1.29 is 9.53 Å². The normalized spacial score (nSPS) is 20.4. The Bertz CT molecular complexity index is 764. The number of ether oxygens (including phenoxy) is 1. The fourth-order valence-corrected chi connectivity index (χ4v) is 3.78. The molecule has 1 amide bonds. The molecule has 1 fully saturated rings. The minimum atomic E-state index is 0.0627. The average Bonchev–Trinajstić information content (AvgIpc) is 2.62. The minimum absolute atomic E-state index is 0.0627. The molecule has 1 aliphatic rings. The van der Waals surface area contributed by atoms with Crippen molar-refractivity contribution in [3.8, 4) is 0 Å². The van der Waals surface area contributed by atoms with E-state index >= 15 is 0 Å². The number of aryl methyl sites for hydroxylation is 1. The molecular weight excluding hydrogens is 336 g/mol. The molecule has 4 heteroatoms. The molecule has 0 aliphatic carbocycles. The number of carbonyl (C=O) groups excluding carboxylic acids is 1. The van der Waals surface area contributed by atoms with E-state index in [1.807, 2.05) is 37.3 Å². The van der Waals surface area contributed by atoms with Crippen molar-refractivity contribution in [2.24, 2.45) is 0 Å². The van der Waals surface area contributed by atoms with Crippen LogP contribution in [-0.4, -0.2) is 36.1 Å². The van der Waals surface area contributed by atoms with Gasteiger partial charge in [-0.3, -0.25) is 9.69 Å². The lowest BCUT2D eigenvalue weighted by Gasteiger charge is -2.35. The third-order valence-electron chi connectivity index (χ3n) is 5.10. The lowest BCUT2D eigenvalue weighted by atomic mass is 10.0. The molecule has 1 heterocycles. The minimum Gasteiger partial charge on any atom is -0.373 e. The van der Waals surface area contributed by atoms with Crippen molar-refractivity contribution in [2.45, 2.75) is 52.5 Å². The van der Waals surface area contributed by atoms with E-state index in [1.54, 1.807) is 0 Å². The van der Waals surface area contributed by atoms with E-state index in [9.17, 15) is 4.79 Å². The van der Waals surface area contributed by atoms with E-state index in [4.69, 9.17) is 4.74 Å². The van der Waals surface area contributed by atoms with Crippen molar-refractivity contribution in [3.63, 3.8) is 0 Å². The Kier molecular flexibility index (Phi) is 6.64. The molecule has 2 atom stereocenters. The predicted octanol–water partition coefficient (Wildman–Crippen LogP) is 3.46. The number of morpholine rings is 1. The van der Waals surface area contributed by atoms with Crippen LogP contribution >= 0.6 is 0 Å².